The number of nitrogens with two attached hydrogens (primary N) is 2. The van der Waals surface area contributed by atoms with Gasteiger partial charge in [0.2, 0.25) is 0 Å². The largest absolute Gasteiger partial charge is 0.302 e. The molecule has 0 aromatic rings. The molecule has 1 fully saturated rings. The molecule has 0 unspecified atom stereocenters. The number of hydrogen-bond donors (Lipinski definition) is 6. The van der Waals surface area contributed by atoms with Crippen LogP contribution in [0.4, 0.5) is 0 Å². The molecule has 8 heteroatoms. The highest BCUT2D eigenvalue weighted by Crippen LogP contribution is 1.95. The Balaban J connectivity index is 2.21. The summed E-state index contributed by atoms with van der Waals surface area (Å²) in [7, 11) is 0. The molecular formula is C2H10N6S2. The predicted octanol–water partition coefficient (Wildman–Crippen LogP) is -2.03. The van der Waals surface area contributed by atoms with E-state index >= 15 is 0 Å². The summed E-state index contributed by atoms with van der Waals surface area (Å²) in [6.07, 6.45) is -0.495. The summed E-state index contributed by atoms with van der Waals surface area (Å²) in [6, 6.07) is 0. The first-order valence-electron chi connectivity index (χ1n) is 2.64. The molecule has 0 spiro atoms. The smallest absolute Gasteiger partial charge is 0.129 e. The Morgan fingerprint density at radius 1 is 0.800 bits per heavy atom. The Morgan fingerprint density at radius 2 is 1.10 bits per heavy atom. The van der Waals surface area contributed by atoms with Crippen molar-refractivity contribution in [1.82, 2.24) is 18.9 Å². The molecule has 0 atom stereocenters. The lowest BCUT2D eigenvalue weighted by Gasteiger charge is -2.22. The number of hydrogen-bond acceptors (Lipinski definition) is 8. The molecule has 0 bridgehead atoms. The second-order valence-corrected chi connectivity index (χ2v) is 2.98. The van der Waals surface area contributed by atoms with Crippen LogP contribution in [0, 0.1) is 0 Å². The van der Waals surface area contributed by atoms with E-state index in [1.165, 1.54) is 24.3 Å². The second kappa shape index (κ2) is 4.36. The van der Waals surface area contributed by atoms with E-state index in [1.807, 2.05) is 0 Å². The van der Waals surface area contributed by atoms with Crippen molar-refractivity contribution in [3.8, 4) is 0 Å². The van der Waals surface area contributed by atoms with Crippen LogP contribution in [-0.4, -0.2) is 12.6 Å². The zero-order valence-electron chi connectivity index (χ0n) is 5.13. The Kier molecular flexibility index (Phi) is 3.73. The summed E-state index contributed by atoms with van der Waals surface area (Å²) in [5.41, 5.74) is 10.9. The van der Waals surface area contributed by atoms with Gasteiger partial charge in [-0.25, -0.2) is 18.9 Å². The van der Waals surface area contributed by atoms with Crippen LogP contribution in [0.1, 0.15) is 0 Å². The molecular weight excluding hydrogens is 172 g/mol. The lowest BCUT2D eigenvalue weighted by molar-refractivity contribution is 0.592. The maximum absolute atomic E-state index is 5.46. The Morgan fingerprint density at radius 3 is 1.40 bits per heavy atom. The first kappa shape index (κ1) is 8.56. The molecule has 8 N–H and O–H groups in total. The highest BCUT2D eigenvalue weighted by Gasteiger charge is 2.07. The van der Waals surface area contributed by atoms with Gasteiger partial charge in [-0.05, 0) is 0 Å². The van der Waals surface area contributed by atoms with Crippen LogP contribution in [0.15, 0.2) is 0 Å². The molecule has 1 aliphatic heterocycles. The minimum atomic E-state index is -0.248. The molecule has 60 valence electrons. The van der Waals surface area contributed by atoms with Gasteiger partial charge in [0.05, 0.1) is 0 Å². The van der Waals surface area contributed by atoms with Gasteiger partial charge in [0.15, 0.2) is 0 Å². The second-order valence-electron chi connectivity index (χ2n) is 1.63. The minimum Gasteiger partial charge on any atom is -0.302 e. The lowest BCUT2D eigenvalue weighted by Crippen LogP contribution is -2.53. The van der Waals surface area contributed by atoms with Gasteiger partial charge in [-0.1, -0.05) is 0 Å². The van der Waals surface area contributed by atoms with E-state index in [2.05, 4.69) is 18.9 Å². The van der Waals surface area contributed by atoms with Gasteiger partial charge in [-0.15, -0.1) is 0 Å². The molecule has 0 amide bonds. The average molecular weight is 182 g/mol. The first-order valence-corrected chi connectivity index (χ1v) is 4.27. The zero-order valence-corrected chi connectivity index (χ0v) is 6.76. The fourth-order valence-electron chi connectivity index (χ4n) is 0.370. The summed E-state index contributed by atoms with van der Waals surface area (Å²) in [5, 5.41) is 0. The monoisotopic (exact) mass is 182 g/mol. The van der Waals surface area contributed by atoms with Crippen molar-refractivity contribution in [3.63, 3.8) is 0 Å². The highest BCUT2D eigenvalue weighted by molar-refractivity contribution is 7.96. The molecule has 10 heavy (non-hydrogen) atoms. The van der Waals surface area contributed by atoms with Gasteiger partial charge >= 0.3 is 0 Å². The number of rotatable bonds is 0. The van der Waals surface area contributed by atoms with E-state index in [1.54, 1.807) is 0 Å². The molecule has 0 aromatic heterocycles. The molecule has 1 aliphatic rings. The van der Waals surface area contributed by atoms with Crippen LogP contribution in [0.5, 0.6) is 0 Å². The van der Waals surface area contributed by atoms with E-state index in [9.17, 15) is 0 Å². The molecule has 0 aromatic carbocycles. The van der Waals surface area contributed by atoms with E-state index in [-0.39, 0.29) is 12.6 Å². The summed E-state index contributed by atoms with van der Waals surface area (Å²) in [4.78, 5) is 0. The van der Waals surface area contributed by atoms with Crippen LogP contribution in [-0.2, 0) is 0 Å². The van der Waals surface area contributed by atoms with Gasteiger partial charge < -0.3 is 11.5 Å². The SMILES string of the molecule is NC1NSNC(N)NSN1. The van der Waals surface area contributed by atoms with Crippen LogP contribution in [0.3, 0.4) is 0 Å². The Bertz CT molecular complexity index is 79.7. The number of nitrogens with one attached hydrogen (secondary N) is 4. The van der Waals surface area contributed by atoms with Crippen molar-refractivity contribution in [2.75, 3.05) is 0 Å². The van der Waals surface area contributed by atoms with Crippen molar-refractivity contribution in [1.29, 1.82) is 0 Å². The molecule has 0 aliphatic carbocycles. The molecule has 6 nitrogen and oxygen atoms in total. The fraction of sp³-hybridized carbons (Fsp3) is 1.00. The van der Waals surface area contributed by atoms with E-state index in [4.69, 9.17) is 11.5 Å². The summed E-state index contributed by atoms with van der Waals surface area (Å²) >= 11 is 2.51. The maximum Gasteiger partial charge on any atom is 0.129 e. The van der Waals surface area contributed by atoms with E-state index in [0.717, 1.165) is 0 Å². The normalized spacial score (nSPS) is 36.6. The van der Waals surface area contributed by atoms with Crippen molar-refractivity contribution < 1.29 is 0 Å². The zero-order chi connectivity index (χ0) is 7.40. The van der Waals surface area contributed by atoms with Crippen molar-refractivity contribution in [3.05, 3.63) is 0 Å². The van der Waals surface area contributed by atoms with Crippen molar-refractivity contribution in [2.45, 2.75) is 12.6 Å². The van der Waals surface area contributed by atoms with Crippen molar-refractivity contribution >= 4 is 24.3 Å². The summed E-state index contributed by atoms with van der Waals surface area (Å²) in [5.74, 6) is 0. The van der Waals surface area contributed by atoms with Crippen LogP contribution < -0.4 is 30.4 Å². The first-order chi connectivity index (χ1) is 4.79. The highest BCUT2D eigenvalue weighted by atomic mass is 32.2. The Hall–Kier alpha value is 0.460. The van der Waals surface area contributed by atoms with Crippen LogP contribution in [0.2, 0.25) is 0 Å². The summed E-state index contributed by atoms with van der Waals surface area (Å²) in [6.45, 7) is 0. The van der Waals surface area contributed by atoms with Crippen LogP contribution in [0.25, 0.3) is 0 Å². The molecule has 1 heterocycles. The van der Waals surface area contributed by atoms with Gasteiger partial charge in [0, 0.05) is 24.3 Å². The Labute approximate surface area is 67.8 Å². The molecule has 0 saturated carbocycles. The van der Waals surface area contributed by atoms with E-state index in [0.29, 0.717) is 0 Å². The quantitative estimate of drug-likeness (QED) is 0.239. The topological polar surface area (TPSA) is 100 Å². The minimum absolute atomic E-state index is 0.248. The van der Waals surface area contributed by atoms with Gasteiger partial charge in [-0.3, -0.25) is 0 Å². The van der Waals surface area contributed by atoms with Crippen molar-refractivity contribution in [2.24, 2.45) is 11.5 Å². The molecule has 1 saturated heterocycles. The summed E-state index contributed by atoms with van der Waals surface area (Å²) < 4.78 is 11.4. The molecule has 1 rings (SSSR count). The average Bonchev–Trinajstić information content (AvgIpc) is 1.84. The third-order valence-electron chi connectivity index (χ3n) is 0.744. The predicted molar refractivity (Wildman–Crippen MR) is 43.7 cm³/mol. The van der Waals surface area contributed by atoms with E-state index < -0.39 is 0 Å². The maximum atomic E-state index is 5.46. The van der Waals surface area contributed by atoms with Gasteiger partial charge in [-0.2, -0.15) is 0 Å². The lowest BCUT2D eigenvalue weighted by atomic mass is 11.0. The van der Waals surface area contributed by atoms with Crippen LogP contribution >= 0.6 is 24.3 Å². The third-order valence-corrected chi connectivity index (χ3v) is 2.23. The van der Waals surface area contributed by atoms with Gasteiger partial charge in [0.1, 0.15) is 12.6 Å². The van der Waals surface area contributed by atoms with Gasteiger partial charge in [0.25, 0.3) is 0 Å². The third kappa shape index (κ3) is 3.03. The standard InChI is InChI=1S/C2H10N6S2/c3-1-5-9-7-2(4)8-10-6-1/h1-2,5-8H,3-4H2. The fourth-order valence-corrected chi connectivity index (χ4v) is 1.40. The molecule has 0 radical (unpaired) electrons.